The van der Waals surface area contributed by atoms with Gasteiger partial charge in [0.2, 0.25) is 0 Å². The highest BCUT2D eigenvalue weighted by atomic mass is 35.5. The molecule has 1 aliphatic carbocycles. The molecule has 128 valence electrons. The third-order valence-corrected chi connectivity index (χ3v) is 6.10. The number of ether oxygens (including phenoxy) is 1. The fourth-order valence-electron chi connectivity index (χ4n) is 4.00. The van der Waals surface area contributed by atoms with E-state index >= 15 is 0 Å². The van der Waals surface area contributed by atoms with Crippen molar-refractivity contribution in [3.63, 3.8) is 0 Å². The lowest BCUT2D eigenvalue weighted by molar-refractivity contribution is 0.188. The second kappa shape index (κ2) is 6.77. The summed E-state index contributed by atoms with van der Waals surface area (Å²) in [5.41, 5.74) is 2.68. The second-order valence-electron chi connectivity index (χ2n) is 7.09. The maximum absolute atomic E-state index is 6.56. The molecule has 5 heteroatoms. The quantitative estimate of drug-likeness (QED) is 0.782. The number of H-pyrrole nitrogens is 1. The Labute approximate surface area is 147 Å². The zero-order valence-electron chi connectivity index (χ0n) is 13.8. The number of nitrogens with zero attached hydrogens (tertiary/aromatic N) is 1. The number of alkyl halides is 1. The lowest BCUT2D eigenvalue weighted by atomic mass is 9.80. The molecule has 1 aromatic carbocycles. The van der Waals surface area contributed by atoms with E-state index in [1.54, 1.807) is 0 Å². The summed E-state index contributed by atoms with van der Waals surface area (Å²) in [5.74, 6) is 1.58. The van der Waals surface area contributed by atoms with Gasteiger partial charge in [0.15, 0.2) is 0 Å². The van der Waals surface area contributed by atoms with Gasteiger partial charge in [-0.2, -0.15) is 5.10 Å². The van der Waals surface area contributed by atoms with Crippen molar-refractivity contribution in [1.82, 2.24) is 15.5 Å². The number of aromatic amines is 1. The molecule has 2 unspecified atom stereocenters. The molecule has 2 heterocycles. The zero-order chi connectivity index (χ0) is 16.4. The zero-order valence-corrected chi connectivity index (χ0v) is 14.6. The molecule has 2 fully saturated rings. The molecule has 0 bridgehead atoms. The van der Waals surface area contributed by atoms with E-state index in [4.69, 9.17) is 16.3 Å². The van der Waals surface area contributed by atoms with Crippen LogP contribution in [0, 0.1) is 11.3 Å². The van der Waals surface area contributed by atoms with Gasteiger partial charge in [0, 0.05) is 23.7 Å². The fourth-order valence-corrected chi connectivity index (χ4v) is 4.50. The molecule has 2 atom stereocenters. The van der Waals surface area contributed by atoms with Crippen molar-refractivity contribution in [1.29, 1.82) is 0 Å². The first kappa shape index (κ1) is 16.0. The molecule has 2 aromatic rings. The average molecular weight is 346 g/mol. The standard InChI is InChI=1S/C19H24ClN3O/c20-18-13-21-9-5-17(18)19(6-7-19)8-10-24-16-3-1-14(2-4-16)15-11-22-23-12-15/h1-4,11-12,17-18,21H,5-10,13H2,(H,22,23). The van der Waals surface area contributed by atoms with Crippen LogP contribution in [0.2, 0.25) is 0 Å². The third kappa shape index (κ3) is 3.31. The first-order valence-electron chi connectivity index (χ1n) is 8.84. The van der Waals surface area contributed by atoms with Crippen molar-refractivity contribution >= 4 is 11.6 Å². The first-order valence-corrected chi connectivity index (χ1v) is 9.27. The first-order chi connectivity index (χ1) is 11.8. The molecule has 0 radical (unpaired) electrons. The van der Waals surface area contributed by atoms with Gasteiger partial charge in [0.25, 0.3) is 0 Å². The van der Waals surface area contributed by atoms with E-state index in [2.05, 4.69) is 27.6 Å². The number of halogens is 1. The molecule has 1 aliphatic heterocycles. The van der Waals surface area contributed by atoms with Gasteiger partial charge in [-0.3, -0.25) is 5.10 Å². The van der Waals surface area contributed by atoms with E-state index < -0.39 is 0 Å². The highest BCUT2D eigenvalue weighted by Gasteiger charge is 2.51. The SMILES string of the molecule is ClC1CNCCC1C1(CCOc2ccc(-c3cn[nH]c3)cc2)CC1. The predicted octanol–water partition coefficient (Wildman–Crippen LogP) is 3.84. The Bertz CT molecular complexity index is 652. The van der Waals surface area contributed by atoms with Gasteiger partial charge in [-0.05, 0) is 61.3 Å². The number of nitrogens with one attached hydrogen (secondary N) is 2. The molecule has 4 rings (SSSR count). The Hall–Kier alpha value is -1.52. The van der Waals surface area contributed by atoms with Crippen LogP contribution in [-0.2, 0) is 0 Å². The maximum Gasteiger partial charge on any atom is 0.119 e. The second-order valence-corrected chi connectivity index (χ2v) is 7.65. The molecule has 24 heavy (non-hydrogen) atoms. The Morgan fingerprint density at radius 3 is 2.71 bits per heavy atom. The number of benzene rings is 1. The molecular formula is C19H24ClN3O. The Balaban J connectivity index is 1.31. The largest absolute Gasteiger partial charge is 0.494 e. The molecule has 2 N–H and O–H groups in total. The van der Waals surface area contributed by atoms with Crippen LogP contribution in [0.3, 0.4) is 0 Å². The summed E-state index contributed by atoms with van der Waals surface area (Å²) in [4.78, 5) is 0. The summed E-state index contributed by atoms with van der Waals surface area (Å²) in [5, 5.41) is 10.5. The smallest absolute Gasteiger partial charge is 0.119 e. The summed E-state index contributed by atoms with van der Waals surface area (Å²) in [7, 11) is 0. The van der Waals surface area contributed by atoms with Crippen LogP contribution in [0.5, 0.6) is 5.75 Å². The van der Waals surface area contributed by atoms with E-state index in [1.165, 1.54) is 19.3 Å². The van der Waals surface area contributed by atoms with Crippen LogP contribution in [0.25, 0.3) is 11.1 Å². The van der Waals surface area contributed by atoms with Gasteiger partial charge < -0.3 is 10.1 Å². The minimum atomic E-state index is 0.274. The highest BCUT2D eigenvalue weighted by molar-refractivity contribution is 6.21. The minimum absolute atomic E-state index is 0.274. The number of piperidine rings is 1. The van der Waals surface area contributed by atoms with Crippen molar-refractivity contribution in [2.45, 2.75) is 31.1 Å². The molecule has 4 nitrogen and oxygen atoms in total. The molecule has 0 spiro atoms. The molecule has 1 saturated carbocycles. The Morgan fingerprint density at radius 1 is 1.21 bits per heavy atom. The highest BCUT2D eigenvalue weighted by Crippen LogP contribution is 2.58. The number of hydrogen-bond acceptors (Lipinski definition) is 3. The molecule has 1 aromatic heterocycles. The maximum atomic E-state index is 6.56. The van der Waals surface area contributed by atoms with Gasteiger partial charge in [0.05, 0.1) is 12.8 Å². The molecule has 2 aliphatic rings. The topological polar surface area (TPSA) is 49.9 Å². The van der Waals surface area contributed by atoms with Gasteiger partial charge in [-0.1, -0.05) is 12.1 Å². The van der Waals surface area contributed by atoms with Crippen LogP contribution in [0.15, 0.2) is 36.7 Å². The Kier molecular flexibility index (Phi) is 4.51. The van der Waals surface area contributed by atoms with Crippen LogP contribution in [0.4, 0.5) is 0 Å². The number of hydrogen-bond donors (Lipinski definition) is 2. The minimum Gasteiger partial charge on any atom is -0.494 e. The monoisotopic (exact) mass is 345 g/mol. The van der Waals surface area contributed by atoms with Gasteiger partial charge in [-0.15, -0.1) is 11.6 Å². The van der Waals surface area contributed by atoms with Gasteiger partial charge in [-0.25, -0.2) is 0 Å². The van der Waals surface area contributed by atoms with Crippen molar-refractivity contribution in [3.8, 4) is 16.9 Å². The van der Waals surface area contributed by atoms with Crippen molar-refractivity contribution in [2.24, 2.45) is 11.3 Å². The van der Waals surface area contributed by atoms with E-state index in [-0.39, 0.29) is 5.38 Å². The number of rotatable bonds is 6. The summed E-state index contributed by atoms with van der Waals surface area (Å²) in [6, 6.07) is 8.23. The van der Waals surface area contributed by atoms with Crippen LogP contribution in [-0.4, -0.2) is 35.3 Å². The van der Waals surface area contributed by atoms with Crippen LogP contribution in [0.1, 0.15) is 25.7 Å². The summed E-state index contributed by atoms with van der Waals surface area (Å²) in [6.45, 7) is 2.83. The summed E-state index contributed by atoms with van der Waals surface area (Å²) in [6.07, 6.45) is 8.66. The van der Waals surface area contributed by atoms with Gasteiger partial charge >= 0.3 is 0 Å². The van der Waals surface area contributed by atoms with Crippen molar-refractivity contribution in [2.75, 3.05) is 19.7 Å². The van der Waals surface area contributed by atoms with Crippen LogP contribution >= 0.6 is 11.6 Å². The summed E-state index contributed by atoms with van der Waals surface area (Å²) < 4.78 is 6.00. The lowest BCUT2D eigenvalue weighted by Crippen LogP contribution is -2.41. The number of aromatic nitrogens is 2. The van der Waals surface area contributed by atoms with Gasteiger partial charge in [0.1, 0.15) is 5.75 Å². The Morgan fingerprint density at radius 2 is 2.04 bits per heavy atom. The van der Waals surface area contributed by atoms with Crippen LogP contribution < -0.4 is 10.1 Å². The van der Waals surface area contributed by atoms with Crippen molar-refractivity contribution in [3.05, 3.63) is 36.7 Å². The van der Waals surface area contributed by atoms with Crippen molar-refractivity contribution < 1.29 is 4.74 Å². The molecule has 1 saturated heterocycles. The average Bonchev–Trinajstić information content (AvgIpc) is 3.18. The van der Waals surface area contributed by atoms with E-state index in [1.807, 2.05) is 24.5 Å². The predicted molar refractivity (Wildman–Crippen MR) is 96.4 cm³/mol. The lowest BCUT2D eigenvalue weighted by Gasteiger charge is -2.34. The molecule has 0 amide bonds. The summed E-state index contributed by atoms with van der Waals surface area (Å²) >= 11 is 6.56. The van der Waals surface area contributed by atoms with E-state index in [9.17, 15) is 0 Å². The van der Waals surface area contributed by atoms with E-state index in [0.717, 1.165) is 43.0 Å². The fraction of sp³-hybridized carbons (Fsp3) is 0.526. The normalized spacial score (nSPS) is 25.4. The molecular weight excluding hydrogens is 322 g/mol. The third-order valence-electron chi connectivity index (χ3n) is 5.64. The van der Waals surface area contributed by atoms with E-state index in [0.29, 0.717) is 11.3 Å².